The molecule has 1 amide bonds. The molecule has 3 heteroatoms. The Morgan fingerprint density at radius 1 is 0.750 bits per heavy atom. The minimum atomic E-state index is -0.991. The lowest BCUT2D eigenvalue weighted by Gasteiger charge is -2.34. The van der Waals surface area contributed by atoms with Crippen LogP contribution in [0.4, 0.5) is 0 Å². The number of hydrogen-bond donors (Lipinski definition) is 2. The molecule has 0 fully saturated rings. The van der Waals surface area contributed by atoms with Crippen molar-refractivity contribution in [2.45, 2.75) is 5.54 Å². The number of hydrogen-bond acceptors (Lipinski definition) is 2. The lowest BCUT2D eigenvalue weighted by atomic mass is 9.83. The summed E-state index contributed by atoms with van der Waals surface area (Å²) < 4.78 is 0. The van der Waals surface area contributed by atoms with Crippen LogP contribution in [0.2, 0.25) is 0 Å². The van der Waals surface area contributed by atoms with Gasteiger partial charge in [-0.3, -0.25) is 4.79 Å². The number of benzene rings is 3. The highest BCUT2D eigenvalue weighted by molar-refractivity contribution is 5.95. The Balaban J connectivity index is 2.07. The molecule has 3 aromatic rings. The van der Waals surface area contributed by atoms with Crippen molar-refractivity contribution in [1.29, 1.82) is 0 Å². The highest BCUT2D eigenvalue weighted by Crippen LogP contribution is 2.29. The maximum Gasteiger partial charge on any atom is 0.252 e. The monoisotopic (exact) mass is 317 g/mol. The predicted octanol–water partition coefficient (Wildman–Crippen LogP) is 3.35. The quantitative estimate of drug-likeness (QED) is 0.758. The molecule has 3 rings (SSSR count). The zero-order chi connectivity index (χ0) is 16.8. The van der Waals surface area contributed by atoms with Gasteiger partial charge < -0.3 is 10.4 Å². The number of aliphatic hydroxyl groups is 1. The van der Waals surface area contributed by atoms with Crippen LogP contribution in [0.5, 0.6) is 0 Å². The number of aliphatic hydroxyl groups excluding tert-OH is 1. The molecule has 24 heavy (non-hydrogen) atoms. The zero-order valence-corrected chi connectivity index (χ0v) is 13.2. The molecule has 0 saturated heterocycles. The van der Waals surface area contributed by atoms with E-state index in [2.05, 4.69) is 5.32 Å². The summed E-state index contributed by atoms with van der Waals surface area (Å²) in [6.45, 7) is -0.237. The van der Waals surface area contributed by atoms with Gasteiger partial charge in [-0.15, -0.1) is 0 Å². The van der Waals surface area contributed by atoms with Crippen LogP contribution in [0.1, 0.15) is 21.5 Å². The number of carbonyl (C=O) groups excluding carboxylic acids is 1. The van der Waals surface area contributed by atoms with Crippen molar-refractivity contribution < 1.29 is 9.90 Å². The standard InChI is InChI=1S/C21H19NO2/c23-16-21(18-12-6-2-7-13-18,19-14-8-3-9-15-19)22-20(24)17-10-4-1-5-11-17/h1-15,23H,16H2,(H,22,24). The molecule has 0 aliphatic carbocycles. The van der Waals surface area contributed by atoms with Gasteiger partial charge in [0.05, 0.1) is 6.61 Å². The Bertz CT molecular complexity index is 746. The van der Waals surface area contributed by atoms with Gasteiger partial charge in [0.25, 0.3) is 5.91 Å². The fourth-order valence-corrected chi connectivity index (χ4v) is 2.83. The van der Waals surface area contributed by atoms with Crippen molar-refractivity contribution >= 4 is 5.91 Å². The van der Waals surface area contributed by atoms with E-state index in [4.69, 9.17) is 0 Å². The van der Waals surface area contributed by atoms with E-state index in [1.807, 2.05) is 78.9 Å². The number of nitrogens with one attached hydrogen (secondary N) is 1. The summed E-state index contributed by atoms with van der Waals surface area (Å²) in [6, 6.07) is 28.1. The van der Waals surface area contributed by atoms with E-state index in [1.165, 1.54) is 0 Å². The first-order valence-electron chi connectivity index (χ1n) is 7.86. The van der Waals surface area contributed by atoms with Crippen molar-refractivity contribution in [3.05, 3.63) is 108 Å². The van der Waals surface area contributed by atoms with Crippen LogP contribution >= 0.6 is 0 Å². The molecular weight excluding hydrogens is 298 g/mol. The lowest BCUT2D eigenvalue weighted by Crippen LogP contribution is -2.49. The maximum atomic E-state index is 12.7. The molecule has 0 saturated carbocycles. The van der Waals surface area contributed by atoms with E-state index in [0.29, 0.717) is 5.56 Å². The van der Waals surface area contributed by atoms with Gasteiger partial charge in [-0.1, -0.05) is 78.9 Å². The fraction of sp³-hybridized carbons (Fsp3) is 0.0952. The first-order valence-corrected chi connectivity index (χ1v) is 7.86. The highest BCUT2D eigenvalue weighted by atomic mass is 16.3. The first-order chi connectivity index (χ1) is 11.8. The van der Waals surface area contributed by atoms with Crippen LogP contribution in [-0.2, 0) is 5.54 Å². The number of amides is 1. The van der Waals surface area contributed by atoms with Crippen LogP contribution < -0.4 is 5.32 Å². The third-order valence-corrected chi connectivity index (χ3v) is 4.13. The van der Waals surface area contributed by atoms with Crippen LogP contribution in [0.25, 0.3) is 0 Å². The molecule has 3 aromatic carbocycles. The Labute approximate surface area is 141 Å². The van der Waals surface area contributed by atoms with Crippen molar-refractivity contribution in [2.75, 3.05) is 6.61 Å². The average molecular weight is 317 g/mol. The Kier molecular flexibility index (Phi) is 4.73. The third kappa shape index (κ3) is 3.07. The minimum Gasteiger partial charge on any atom is -0.393 e. The topological polar surface area (TPSA) is 49.3 Å². The van der Waals surface area contributed by atoms with Gasteiger partial charge >= 0.3 is 0 Å². The molecule has 0 aliphatic heterocycles. The second kappa shape index (κ2) is 7.11. The smallest absolute Gasteiger partial charge is 0.252 e. The molecule has 0 aliphatic rings. The highest BCUT2D eigenvalue weighted by Gasteiger charge is 2.35. The summed E-state index contributed by atoms with van der Waals surface area (Å²) in [4.78, 5) is 12.7. The molecule has 120 valence electrons. The Morgan fingerprint density at radius 3 is 1.58 bits per heavy atom. The van der Waals surface area contributed by atoms with Crippen molar-refractivity contribution in [1.82, 2.24) is 5.32 Å². The van der Waals surface area contributed by atoms with Crippen LogP contribution in [-0.4, -0.2) is 17.6 Å². The van der Waals surface area contributed by atoms with Gasteiger partial charge in [0.15, 0.2) is 0 Å². The van der Waals surface area contributed by atoms with Gasteiger partial charge in [0, 0.05) is 5.56 Å². The van der Waals surface area contributed by atoms with Crippen LogP contribution in [0, 0.1) is 0 Å². The molecular formula is C21H19NO2. The molecule has 0 heterocycles. The van der Waals surface area contributed by atoms with Gasteiger partial charge in [-0.05, 0) is 23.3 Å². The van der Waals surface area contributed by atoms with Gasteiger partial charge in [0.2, 0.25) is 0 Å². The SMILES string of the molecule is O=C(NC(CO)(c1ccccc1)c1ccccc1)c1ccccc1. The van der Waals surface area contributed by atoms with E-state index < -0.39 is 5.54 Å². The molecule has 0 aromatic heterocycles. The molecule has 0 unspecified atom stereocenters. The summed E-state index contributed by atoms with van der Waals surface area (Å²) in [7, 11) is 0. The van der Waals surface area contributed by atoms with Crippen LogP contribution in [0.3, 0.4) is 0 Å². The minimum absolute atomic E-state index is 0.225. The molecule has 0 radical (unpaired) electrons. The zero-order valence-electron chi connectivity index (χ0n) is 13.2. The summed E-state index contributed by atoms with van der Waals surface area (Å²) >= 11 is 0. The molecule has 2 N–H and O–H groups in total. The summed E-state index contributed by atoms with van der Waals surface area (Å²) in [5.74, 6) is -0.225. The largest absolute Gasteiger partial charge is 0.393 e. The first kappa shape index (κ1) is 16.0. The fourth-order valence-electron chi connectivity index (χ4n) is 2.83. The Morgan fingerprint density at radius 2 is 1.17 bits per heavy atom. The normalized spacial score (nSPS) is 11.0. The number of carbonyl (C=O) groups is 1. The molecule has 0 atom stereocenters. The van der Waals surface area contributed by atoms with Gasteiger partial charge in [0.1, 0.15) is 5.54 Å². The summed E-state index contributed by atoms with van der Waals surface area (Å²) in [6.07, 6.45) is 0. The second-order valence-corrected chi connectivity index (χ2v) is 5.62. The average Bonchev–Trinajstić information content (AvgIpc) is 2.68. The van der Waals surface area contributed by atoms with Crippen LogP contribution in [0.15, 0.2) is 91.0 Å². The third-order valence-electron chi connectivity index (χ3n) is 4.13. The van der Waals surface area contributed by atoms with E-state index in [1.54, 1.807) is 12.1 Å². The van der Waals surface area contributed by atoms with E-state index in [0.717, 1.165) is 11.1 Å². The van der Waals surface area contributed by atoms with E-state index >= 15 is 0 Å². The van der Waals surface area contributed by atoms with E-state index in [-0.39, 0.29) is 12.5 Å². The van der Waals surface area contributed by atoms with E-state index in [9.17, 15) is 9.90 Å². The molecule has 0 bridgehead atoms. The molecule has 0 spiro atoms. The Hall–Kier alpha value is -2.91. The van der Waals surface area contributed by atoms with Crippen molar-refractivity contribution in [3.63, 3.8) is 0 Å². The van der Waals surface area contributed by atoms with Gasteiger partial charge in [-0.2, -0.15) is 0 Å². The number of rotatable bonds is 5. The second-order valence-electron chi connectivity index (χ2n) is 5.62. The summed E-state index contributed by atoms with van der Waals surface area (Å²) in [5, 5.41) is 13.3. The van der Waals surface area contributed by atoms with Crippen molar-refractivity contribution in [2.24, 2.45) is 0 Å². The summed E-state index contributed by atoms with van der Waals surface area (Å²) in [5.41, 5.74) is 1.24. The lowest BCUT2D eigenvalue weighted by molar-refractivity contribution is 0.0868. The van der Waals surface area contributed by atoms with Crippen molar-refractivity contribution in [3.8, 4) is 0 Å². The van der Waals surface area contributed by atoms with Gasteiger partial charge in [-0.25, -0.2) is 0 Å². The molecule has 3 nitrogen and oxygen atoms in total. The maximum absolute atomic E-state index is 12.7. The predicted molar refractivity (Wildman–Crippen MR) is 94.7 cm³/mol.